The molecule has 0 saturated heterocycles. The number of hydrogen-bond acceptors (Lipinski definition) is 15. The van der Waals surface area contributed by atoms with E-state index in [9.17, 15) is 24.0 Å². The van der Waals surface area contributed by atoms with Crippen molar-refractivity contribution >= 4 is 63.1 Å². The molecule has 1 heterocycles. The summed E-state index contributed by atoms with van der Waals surface area (Å²) in [6.07, 6.45) is 5.65. The summed E-state index contributed by atoms with van der Waals surface area (Å²) < 4.78 is 30.9. The fourth-order valence-electron chi connectivity index (χ4n) is 4.57. The third-order valence-electron chi connectivity index (χ3n) is 7.41. The van der Waals surface area contributed by atoms with Crippen LogP contribution in [0.5, 0.6) is 5.75 Å². The van der Waals surface area contributed by atoms with Gasteiger partial charge in [0, 0.05) is 37.9 Å². The van der Waals surface area contributed by atoms with Crippen molar-refractivity contribution in [3.05, 3.63) is 34.9 Å². The number of rotatable bonds is 26. The average molecular weight is 872 g/mol. The SMILES string of the molecule is CC(C)(C)OC(=O)COCCOCC(=O)O.CN(CCCNc1nc(Nc2ccc(OCCNC(=O)COCCOCC(=O)O)cc2)ncc1Br)C(=O)C1CCC1. The second-order valence-corrected chi connectivity index (χ2v) is 14.3. The van der Waals surface area contributed by atoms with Crippen molar-refractivity contribution in [2.24, 2.45) is 5.92 Å². The number of aliphatic carboxylic acids is 2. The van der Waals surface area contributed by atoms with Gasteiger partial charge in [-0.25, -0.2) is 19.4 Å². The Hall–Kier alpha value is -4.63. The van der Waals surface area contributed by atoms with E-state index in [0.717, 1.165) is 35.8 Å². The highest BCUT2D eigenvalue weighted by atomic mass is 79.9. The number of hydrogen-bond donors (Lipinski definition) is 5. The number of nitrogens with one attached hydrogen (secondary N) is 3. The number of aromatic nitrogens is 2. The van der Waals surface area contributed by atoms with E-state index in [2.05, 4.69) is 41.8 Å². The molecule has 1 aliphatic carbocycles. The highest BCUT2D eigenvalue weighted by molar-refractivity contribution is 9.10. The van der Waals surface area contributed by atoms with E-state index >= 15 is 0 Å². The van der Waals surface area contributed by atoms with Crippen LogP contribution in [0.1, 0.15) is 46.5 Å². The minimum atomic E-state index is -1.06. The Morgan fingerprint density at radius 1 is 0.860 bits per heavy atom. The first-order chi connectivity index (χ1) is 27.1. The molecule has 2 aromatic rings. The number of ether oxygens (including phenoxy) is 6. The second-order valence-electron chi connectivity index (χ2n) is 13.5. The van der Waals surface area contributed by atoms with E-state index in [1.54, 1.807) is 39.1 Å². The van der Waals surface area contributed by atoms with Crippen molar-refractivity contribution in [2.75, 3.05) is 96.8 Å². The van der Waals surface area contributed by atoms with Gasteiger partial charge in [-0.1, -0.05) is 6.42 Å². The van der Waals surface area contributed by atoms with Crippen LogP contribution in [0.3, 0.4) is 0 Å². The molecule has 1 aromatic carbocycles. The number of carboxylic acids is 2. The minimum Gasteiger partial charge on any atom is -0.492 e. The smallest absolute Gasteiger partial charge is 0.332 e. The largest absolute Gasteiger partial charge is 0.492 e. The highest BCUT2D eigenvalue weighted by Crippen LogP contribution is 2.28. The van der Waals surface area contributed by atoms with Crippen molar-refractivity contribution in [3.8, 4) is 5.75 Å². The van der Waals surface area contributed by atoms with Crippen LogP contribution in [-0.2, 0) is 47.7 Å². The first kappa shape index (κ1) is 48.5. The van der Waals surface area contributed by atoms with Crippen molar-refractivity contribution in [1.82, 2.24) is 20.2 Å². The summed E-state index contributed by atoms with van der Waals surface area (Å²) in [4.78, 5) is 66.2. The highest BCUT2D eigenvalue weighted by Gasteiger charge is 2.27. The van der Waals surface area contributed by atoms with Gasteiger partial charge in [0.15, 0.2) is 0 Å². The number of halogens is 1. The lowest BCUT2D eigenvalue weighted by Crippen LogP contribution is -2.37. The van der Waals surface area contributed by atoms with Crippen LogP contribution in [0.2, 0.25) is 0 Å². The topological polar surface area (TPSA) is 246 Å². The van der Waals surface area contributed by atoms with Crippen molar-refractivity contribution < 1.29 is 62.6 Å². The maximum Gasteiger partial charge on any atom is 0.332 e. The number of carbonyl (C=O) groups excluding carboxylic acids is 3. The lowest BCUT2D eigenvalue weighted by molar-refractivity contribution is -0.161. The quantitative estimate of drug-likeness (QED) is 0.0673. The van der Waals surface area contributed by atoms with Gasteiger partial charge in [0.05, 0.1) is 37.4 Å². The van der Waals surface area contributed by atoms with E-state index in [0.29, 0.717) is 37.1 Å². The Balaban J connectivity index is 0.000000590. The first-order valence-electron chi connectivity index (χ1n) is 18.4. The van der Waals surface area contributed by atoms with Crippen molar-refractivity contribution in [2.45, 2.75) is 52.1 Å². The Morgan fingerprint density at radius 2 is 1.46 bits per heavy atom. The van der Waals surface area contributed by atoms with Crippen molar-refractivity contribution in [1.29, 1.82) is 0 Å². The van der Waals surface area contributed by atoms with E-state index in [1.165, 1.54) is 0 Å². The van der Waals surface area contributed by atoms with Gasteiger partial charge in [-0.2, -0.15) is 4.98 Å². The molecule has 0 bridgehead atoms. The Labute approximate surface area is 340 Å². The van der Waals surface area contributed by atoms with Gasteiger partial charge < -0.3 is 59.5 Å². The molecule has 1 aromatic heterocycles. The Kier molecular flexibility index (Phi) is 23.1. The number of nitrogens with zero attached hydrogens (tertiary/aromatic N) is 3. The monoisotopic (exact) mass is 870 g/mol. The number of benzene rings is 1. The Bertz CT molecular complexity index is 1540. The molecule has 0 aliphatic heterocycles. The molecule has 5 N–H and O–H groups in total. The zero-order chi connectivity index (χ0) is 42.1. The molecule has 3 rings (SSSR count). The molecular formula is C37H55BrN6O13. The van der Waals surface area contributed by atoms with Gasteiger partial charge in [-0.3, -0.25) is 9.59 Å². The summed E-state index contributed by atoms with van der Waals surface area (Å²) in [5, 5.41) is 25.8. The second kappa shape index (κ2) is 27.1. The van der Waals surface area contributed by atoms with E-state index in [1.807, 2.05) is 24.1 Å². The molecule has 19 nitrogen and oxygen atoms in total. The number of anilines is 3. The number of carbonyl (C=O) groups is 5. The lowest BCUT2D eigenvalue weighted by atomic mass is 9.84. The van der Waals surface area contributed by atoms with E-state index in [-0.39, 0.29) is 70.6 Å². The maximum atomic E-state index is 12.3. The lowest BCUT2D eigenvalue weighted by Gasteiger charge is -2.29. The number of carboxylic acid groups (broad SMARTS) is 2. The maximum absolute atomic E-state index is 12.3. The molecule has 2 amide bonds. The van der Waals surface area contributed by atoms with E-state index < -0.39 is 30.1 Å². The minimum absolute atomic E-state index is 0.0991. The number of amides is 2. The average Bonchev–Trinajstić information content (AvgIpc) is 3.12. The van der Waals surface area contributed by atoms with Crippen LogP contribution in [0.4, 0.5) is 17.5 Å². The van der Waals surface area contributed by atoms with Gasteiger partial charge >= 0.3 is 17.9 Å². The Morgan fingerprint density at radius 3 is 2.02 bits per heavy atom. The summed E-state index contributed by atoms with van der Waals surface area (Å²) >= 11 is 3.48. The molecular weight excluding hydrogens is 816 g/mol. The number of esters is 1. The van der Waals surface area contributed by atoms with Crippen molar-refractivity contribution in [3.63, 3.8) is 0 Å². The predicted molar refractivity (Wildman–Crippen MR) is 210 cm³/mol. The van der Waals surface area contributed by atoms with Crippen LogP contribution in [0, 0.1) is 5.92 Å². The molecule has 57 heavy (non-hydrogen) atoms. The summed E-state index contributed by atoms with van der Waals surface area (Å²) in [7, 11) is 1.86. The standard InChI is InChI=1S/C27H37BrN6O7.C10H18O6/c1-34(26(38)19-4-2-5-19)12-3-10-30-25-22(28)16-31-27(33-25)32-20-6-8-21(9-7-20)41-13-11-29-23(35)17-39-14-15-40-18-24(36)37;1-10(2,3)16-9(13)7-15-5-4-14-6-8(11)12/h6-9,16,19H,2-5,10-15,17-18H2,1H3,(H,29,35)(H,36,37)(H2,30,31,32,33);4-7H2,1-3H3,(H,11,12). The van der Waals surface area contributed by atoms with Crippen LogP contribution in [0.25, 0.3) is 0 Å². The summed E-state index contributed by atoms with van der Waals surface area (Å²) in [5.41, 5.74) is 0.250. The third-order valence-corrected chi connectivity index (χ3v) is 7.99. The fourth-order valence-corrected chi connectivity index (χ4v) is 4.90. The normalized spacial score (nSPS) is 12.3. The molecule has 1 fully saturated rings. The zero-order valence-electron chi connectivity index (χ0n) is 32.9. The van der Waals surface area contributed by atoms with Crippen LogP contribution in [0.15, 0.2) is 34.9 Å². The van der Waals surface area contributed by atoms with Gasteiger partial charge in [0.2, 0.25) is 17.8 Å². The summed E-state index contributed by atoms with van der Waals surface area (Å²) in [6, 6.07) is 7.26. The first-order valence-corrected chi connectivity index (χ1v) is 19.2. The molecule has 0 atom stereocenters. The molecule has 1 saturated carbocycles. The predicted octanol–water partition coefficient (Wildman–Crippen LogP) is 3.10. The molecule has 0 unspecified atom stereocenters. The zero-order valence-corrected chi connectivity index (χ0v) is 34.5. The molecule has 318 valence electrons. The van der Waals surface area contributed by atoms with Gasteiger partial charge in [-0.05, 0) is 80.2 Å². The molecule has 1 aliphatic rings. The van der Waals surface area contributed by atoms with Crippen LogP contribution >= 0.6 is 15.9 Å². The van der Waals surface area contributed by atoms with Gasteiger partial charge in [-0.15, -0.1) is 0 Å². The van der Waals surface area contributed by atoms with Crippen LogP contribution in [-0.4, -0.2) is 147 Å². The van der Waals surface area contributed by atoms with Gasteiger partial charge in [0.25, 0.3) is 0 Å². The van der Waals surface area contributed by atoms with Gasteiger partial charge in [0.1, 0.15) is 50.2 Å². The summed E-state index contributed by atoms with van der Waals surface area (Å²) in [6.45, 7) is 6.68. The third kappa shape index (κ3) is 23.3. The van der Waals surface area contributed by atoms with E-state index in [4.69, 9.17) is 38.6 Å². The molecule has 0 radical (unpaired) electrons. The van der Waals surface area contributed by atoms with Crippen LogP contribution < -0.4 is 20.7 Å². The molecule has 0 spiro atoms. The summed E-state index contributed by atoms with van der Waals surface area (Å²) in [5.74, 6) is -0.664. The fraction of sp³-hybridized carbons (Fsp3) is 0.595. The molecule has 20 heteroatoms.